The molecule has 0 amide bonds. The number of hydrogen-bond acceptors (Lipinski definition) is 6. The fraction of sp³-hybridized carbons (Fsp3) is 0. The molecule has 0 unspecified atom stereocenters. The molecule has 12 heteroatoms. The Balaban J connectivity index is 1.44. The summed E-state index contributed by atoms with van der Waals surface area (Å²) < 4.78 is 0. The number of rotatable bonds is 8. The first-order chi connectivity index (χ1) is 27.5. The third-order valence-corrected chi connectivity index (χ3v) is 12.3. The van der Waals surface area contributed by atoms with Crippen LogP contribution in [0.15, 0.2) is 121 Å². The molecule has 0 spiro atoms. The maximum absolute atomic E-state index is 9.87. The van der Waals surface area contributed by atoms with Gasteiger partial charge in [-0.15, -0.1) is 0 Å². The van der Waals surface area contributed by atoms with Crippen LogP contribution in [0, 0.1) is 0 Å². The number of fused-ring (bicyclic) bond motifs is 8. The first kappa shape index (κ1) is 35.9. The first-order valence-electron chi connectivity index (χ1n) is 17.7. The van der Waals surface area contributed by atoms with Crippen LogP contribution < -0.4 is 20.7 Å². The lowest BCUT2D eigenvalue weighted by atomic mass is 10.0. The Labute approximate surface area is 332 Å². The van der Waals surface area contributed by atoms with E-state index in [2.05, 4.69) is 34.2 Å². The third kappa shape index (κ3) is 6.74. The molecular formula is C44H30N4O4Si4. The highest BCUT2D eigenvalue weighted by molar-refractivity contribution is 6.46. The molecule has 8 nitrogen and oxygen atoms in total. The molecule has 56 heavy (non-hydrogen) atoms. The summed E-state index contributed by atoms with van der Waals surface area (Å²) in [6.07, 6.45) is 8.18. The van der Waals surface area contributed by atoms with Crippen molar-refractivity contribution in [1.29, 1.82) is 0 Å². The number of nitrogens with zero attached hydrogens (tertiary/aromatic N) is 2. The highest BCUT2D eigenvalue weighted by Crippen LogP contribution is 2.38. The predicted molar refractivity (Wildman–Crippen MR) is 231 cm³/mol. The van der Waals surface area contributed by atoms with Crippen molar-refractivity contribution >= 4 is 106 Å². The molecule has 5 heterocycles. The van der Waals surface area contributed by atoms with E-state index in [0.717, 1.165) is 110 Å². The Bertz CT molecular complexity index is 2450. The number of aromatic nitrogens is 4. The van der Waals surface area contributed by atoms with Crippen LogP contribution in [0.3, 0.4) is 0 Å². The standard InChI is InChI=1S/C44H30N4O4Si4/c49-53-29-9-1-25(2-10-29)41-33-17-19-35(45-33)42(26-3-11-30(54-50)12-4-26)37-21-23-39(47-37)44(28-7-15-32(56-52)16-8-28)40-24-22-38(48-40)43(36-20-18-34(41)46-36)27-5-13-31(55-51)14-6-27/h1-24,45,48-52H. The van der Waals surface area contributed by atoms with Crippen molar-refractivity contribution in [2.75, 3.05) is 0 Å². The van der Waals surface area contributed by atoms with Crippen molar-refractivity contribution in [3.8, 4) is 44.5 Å². The van der Waals surface area contributed by atoms with E-state index in [0.29, 0.717) is 0 Å². The Morgan fingerprint density at radius 1 is 0.304 bits per heavy atom. The molecule has 9 rings (SSSR count). The minimum atomic E-state index is -0.306. The van der Waals surface area contributed by atoms with Crippen molar-refractivity contribution in [3.05, 3.63) is 144 Å². The van der Waals surface area contributed by atoms with Gasteiger partial charge in [-0.2, -0.15) is 0 Å². The summed E-state index contributed by atoms with van der Waals surface area (Å²) in [5, 5.41) is 3.38. The fourth-order valence-corrected chi connectivity index (χ4v) is 8.53. The van der Waals surface area contributed by atoms with Gasteiger partial charge in [0, 0.05) is 44.3 Å². The van der Waals surface area contributed by atoms with Crippen LogP contribution in [0.4, 0.5) is 0 Å². The Morgan fingerprint density at radius 3 is 0.714 bits per heavy atom. The molecule has 0 aliphatic carbocycles. The van der Waals surface area contributed by atoms with E-state index in [1.54, 1.807) is 0 Å². The maximum Gasteiger partial charge on any atom is 0.265 e. The van der Waals surface area contributed by atoms with Gasteiger partial charge in [-0.3, -0.25) is 0 Å². The second-order valence-corrected chi connectivity index (χ2v) is 16.5. The van der Waals surface area contributed by atoms with Crippen LogP contribution >= 0.6 is 0 Å². The van der Waals surface area contributed by atoms with E-state index in [9.17, 15) is 19.2 Å². The summed E-state index contributed by atoms with van der Waals surface area (Å²) in [6.45, 7) is 0. The molecule has 0 atom stereocenters. The Kier molecular flexibility index (Phi) is 9.85. The molecule has 8 bridgehead atoms. The maximum atomic E-state index is 9.87. The lowest BCUT2D eigenvalue weighted by Gasteiger charge is -2.08. The van der Waals surface area contributed by atoms with Crippen LogP contribution in [0.2, 0.25) is 0 Å². The lowest BCUT2D eigenvalue weighted by molar-refractivity contribution is 0.615. The van der Waals surface area contributed by atoms with Crippen molar-refractivity contribution < 1.29 is 19.2 Å². The summed E-state index contributed by atoms with van der Waals surface area (Å²) in [5.41, 5.74) is 13.9. The summed E-state index contributed by atoms with van der Waals surface area (Å²) in [6, 6.07) is 40.0. The minimum absolute atomic E-state index is 0.306. The molecule has 6 N–H and O–H groups in total. The van der Waals surface area contributed by atoms with Crippen molar-refractivity contribution in [2.24, 2.45) is 0 Å². The van der Waals surface area contributed by atoms with E-state index in [1.165, 1.54) is 0 Å². The van der Waals surface area contributed by atoms with Gasteiger partial charge < -0.3 is 29.2 Å². The summed E-state index contributed by atoms with van der Waals surface area (Å²) in [5.74, 6) is 0. The molecule has 2 aliphatic heterocycles. The minimum Gasteiger partial charge on any atom is -0.428 e. The number of aromatic amines is 2. The summed E-state index contributed by atoms with van der Waals surface area (Å²) in [7, 11) is -1.23. The van der Waals surface area contributed by atoms with Gasteiger partial charge in [-0.1, -0.05) is 97.1 Å². The quantitative estimate of drug-likeness (QED) is 0.127. The summed E-state index contributed by atoms with van der Waals surface area (Å²) in [4.78, 5) is 57.6. The van der Waals surface area contributed by atoms with Gasteiger partial charge in [-0.05, 0) is 91.6 Å². The average molecular weight is 791 g/mol. The smallest absolute Gasteiger partial charge is 0.265 e. The highest BCUT2D eigenvalue weighted by Gasteiger charge is 2.19. The van der Waals surface area contributed by atoms with E-state index in [1.807, 2.05) is 121 Å². The number of nitrogens with one attached hydrogen (secondary N) is 2. The molecule has 2 aliphatic rings. The molecule has 8 radical (unpaired) electrons. The van der Waals surface area contributed by atoms with Gasteiger partial charge in [0.2, 0.25) is 0 Å². The SMILES string of the molecule is O[Si]c1ccc(-c2c3nc(c(-c4ccc([Si]O)cc4)c4ccc([nH]4)c(-c4ccc([Si]O)cc4)c4nc(c(-c5ccc([Si]O)cc5)c5ccc2[nH]5)C=C4)C=C3)cc1. The van der Waals surface area contributed by atoms with E-state index in [4.69, 9.17) is 9.97 Å². The van der Waals surface area contributed by atoms with Crippen LogP contribution in [0.1, 0.15) is 22.8 Å². The van der Waals surface area contributed by atoms with Crippen LogP contribution in [-0.2, 0) is 0 Å². The normalized spacial score (nSPS) is 12.1. The predicted octanol–water partition coefficient (Wildman–Crippen LogP) is 4.27. The van der Waals surface area contributed by atoms with Crippen LogP contribution in [0.5, 0.6) is 0 Å². The molecule has 4 aromatic carbocycles. The number of benzene rings is 4. The highest BCUT2D eigenvalue weighted by atomic mass is 28.2. The van der Waals surface area contributed by atoms with Gasteiger partial charge in [0.25, 0.3) is 39.1 Å². The number of hydrogen-bond donors (Lipinski definition) is 6. The lowest BCUT2D eigenvalue weighted by Crippen LogP contribution is -2.12. The first-order valence-corrected chi connectivity index (χ1v) is 21.5. The topological polar surface area (TPSA) is 138 Å². The van der Waals surface area contributed by atoms with Crippen molar-refractivity contribution in [2.45, 2.75) is 0 Å². The second-order valence-electron chi connectivity index (χ2n) is 13.3. The molecule has 266 valence electrons. The third-order valence-electron chi connectivity index (χ3n) is 9.96. The van der Waals surface area contributed by atoms with Gasteiger partial charge in [-0.25, -0.2) is 9.97 Å². The Hall–Kier alpha value is -5.81. The van der Waals surface area contributed by atoms with Crippen molar-refractivity contribution in [3.63, 3.8) is 0 Å². The molecule has 0 fully saturated rings. The van der Waals surface area contributed by atoms with E-state index in [-0.39, 0.29) is 39.1 Å². The largest absolute Gasteiger partial charge is 0.428 e. The van der Waals surface area contributed by atoms with Gasteiger partial charge in [0.15, 0.2) is 0 Å². The average Bonchev–Trinajstić information content (AvgIpc) is 4.10. The van der Waals surface area contributed by atoms with E-state index < -0.39 is 0 Å². The van der Waals surface area contributed by atoms with Crippen LogP contribution in [-0.4, -0.2) is 78.2 Å². The number of H-pyrrole nitrogens is 2. The molecular weight excluding hydrogens is 761 g/mol. The molecule has 0 saturated carbocycles. The van der Waals surface area contributed by atoms with Gasteiger partial charge in [0.05, 0.1) is 22.8 Å². The van der Waals surface area contributed by atoms with Crippen LogP contribution in [0.25, 0.3) is 90.9 Å². The molecule has 7 aromatic rings. The van der Waals surface area contributed by atoms with Crippen molar-refractivity contribution in [1.82, 2.24) is 19.9 Å². The zero-order valence-corrected chi connectivity index (χ0v) is 33.5. The monoisotopic (exact) mass is 790 g/mol. The zero-order chi connectivity index (χ0) is 38.2. The summed E-state index contributed by atoms with van der Waals surface area (Å²) >= 11 is 0. The van der Waals surface area contributed by atoms with Gasteiger partial charge >= 0.3 is 0 Å². The van der Waals surface area contributed by atoms with Gasteiger partial charge in [0.1, 0.15) is 0 Å². The van der Waals surface area contributed by atoms with E-state index >= 15 is 0 Å². The fourth-order valence-electron chi connectivity index (χ4n) is 7.27. The Morgan fingerprint density at radius 2 is 0.518 bits per heavy atom. The second kappa shape index (κ2) is 15.4. The zero-order valence-electron chi connectivity index (χ0n) is 29.5. The molecule has 0 saturated heterocycles. The molecule has 3 aromatic heterocycles.